The molecule has 29 heavy (non-hydrogen) atoms. The van der Waals surface area contributed by atoms with Crippen LogP contribution in [0.25, 0.3) is 11.3 Å². The smallest absolute Gasteiger partial charge is 0.203 e. The average molecular weight is 410 g/mol. The van der Waals surface area contributed by atoms with Crippen molar-refractivity contribution in [3.05, 3.63) is 58.0 Å². The fourth-order valence-electron chi connectivity index (χ4n) is 3.33. The van der Waals surface area contributed by atoms with Crippen molar-refractivity contribution >= 4 is 22.7 Å². The molecule has 0 aliphatic heterocycles. The second kappa shape index (κ2) is 9.56. The summed E-state index contributed by atoms with van der Waals surface area (Å²) < 4.78 is 11.3. The zero-order valence-electron chi connectivity index (χ0n) is 17.6. The monoisotopic (exact) mass is 409 g/mol. The van der Waals surface area contributed by atoms with Gasteiger partial charge in [-0.25, -0.2) is 4.98 Å². The average Bonchev–Trinajstić information content (AvgIpc) is 3.11. The summed E-state index contributed by atoms with van der Waals surface area (Å²) in [7, 11) is 0. The molecule has 2 aromatic carbocycles. The van der Waals surface area contributed by atoms with Gasteiger partial charge >= 0.3 is 0 Å². The van der Waals surface area contributed by atoms with Crippen molar-refractivity contribution in [2.75, 3.05) is 18.6 Å². The second-order valence-electron chi connectivity index (χ2n) is 6.75. The number of hydrogen-bond donors (Lipinski definition) is 1. The van der Waals surface area contributed by atoms with Crippen molar-refractivity contribution in [1.82, 2.24) is 4.98 Å². The largest absolute Gasteiger partial charge is 0.490 e. The summed E-state index contributed by atoms with van der Waals surface area (Å²) in [6.07, 6.45) is 1.75. The summed E-state index contributed by atoms with van der Waals surface area (Å²) in [6.45, 7) is 11.5. The number of benzene rings is 2. The topological polar surface area (TPSA) is 55.7 Å². The van der Waals surface area contributed by atoms with Crippen molar-refractivity contribution in [1.29, 1.82) is 0 Å². The van der Waals surface area contributed by atoms with E-state index in [0.717, 1.165) is 27.9 Å². The van der Waals surface area contributed by atoms with Gasteiger partial charge in [-0.15, -0.1) is 11.3 Å². The highest BCUT2D eigenvalue weighted by atomic mass is 32.1. The fourth-order valence-corrected chi connectivity index (χ4v) is 3.98. The Balaban J connectivity index is 1.73. The summed E-state index contributed by atoms with van der Waals surface area (Å²) >= 11 is 1.54. The van der Waals surface area contributed by atoms with Crippen LogP contribution in [0.4, 0.5) is 5.13 Å². The molecule has 0 fully saturated rings. The quantitative estimate of drug-likeness (QED) is 0.367. The van der Waals surface area contributed by atoms with E-state index in [0.29, 0.717) is 13.2 Å². The number of aromatic nitrogens is 1. The molecule has 1 heterocycles. The van der Waals surface area contributed by atoms with Crippen molar-refractivity contribution in [3.8, 4) is 22.8 Å². The standard InChI is InChI=1S/C23H27N3O2S/c1-6-27-20-9-8-18(12-21(20)28-7-2)13-24-26-23-25-19(14-29-23)22-16(4)10-15(3)11-17(22)5/h8-14H,6-7H2,1-5H3,(H,25,26)/b24-13-. The van der Waals surface area contributed by atoms with Gasteiger partial charge < -0.3 is 9.47 Å². The number of thiazole rings is 1. The van der Waals surface area contributed by atoms with Gasteiger partial charge in [-0.1, -0.05) is 17.7 Å². The first kappa shape index (κ1) is 20.9. The van der Waals surface area contributed by atoms with Gasteiger partial charge in [0.05, 0.1) is 25.1 Å². The Morgan fingerprint density at radius 2 is 1.69 bits per heavy atom. The Hall–Kier alpha value is -2.86. The van der Waals surface area contributed by atoms with Gasteiger partial charge in [0, 0.05) is 10.9 Å². The van der Waals surface area contributed by atoms with E-state index < -0.39 is 0 Å². The second-order valence-corrected chi connectivity index (χ2v) is 7.61. The van der Waals surface area contributed by atoms with E-state index in [2.05, 4.69) is 48.8 Å². The molecule has 0 amide bonds. The SMILES string of the molecule is CCOc1ccc(/C=N\Nc2nc(-c3c(C)cc(C)cc3C)cs2)cc1OCC. The minimum absolute atomic E-state index is 0.582. The number of aryl methyl sites for hydroxylation is 3. The van der Waals surface area contributed by atoms with Crippen LogP contribution in [0.1, 0.15) is 36.1 Å². The van der Waals surface area contributed by atoms with Gasteiger partial charge in [-0.2, -0.15) is 5.10 Å². The lowest BCUT2D eigenvalue weighted by molar-refractivity contribution is 0.288. The third-order valence-electron chi connectivity index (χ3n) is 4.38. The number of nitrogens with zero attached hydrogens (tertiary/aromatic N) is 2. The summed E-state index contributed by atoms with van der Waals surface area (Å²) in [6, 6.07) is 10.2. The summed E-state index contributed by atoms with van der Waals surface area (Å²) in [5, 5.41) is 7.15. The van der Waals surface area contributed by atoms with Gasteiger partial charge in [-0.3, -0.25) is 5.43 Å². The van der Waals surface area contributed by atoms with Crippen LogP contribution in [-0.2, 0) is 0 Å². The molecule has 3 aromatic rings. The maximum absolute atomic E-state index is 5.66. The molecular weight excluding hydrogens is 382 g/mol. The van der Waals surface area contributed by atoms with Crippen LogP contribution < -0.4 is 14.9 Å². The summed E-state index contributed by atoms with van der Waals surface area (Å²) in [5.41, 5.74) is 9.86. The number of hydrazone groups is 1. The van der Waals surface area contributed by atoms with Crippen molar-refractivity contribution in [2.24, 2.45) is 5.10 Å². The maximum atomic E-state index is 5.66. The molecule has 1 aromatic heterocycles. The van der Waals surface area contributed by atoms with E-state index in [4.69, 9.17) is 14.5 Å². The molecule has 152 valence electrons. The molecule has 3 rings (SSSR count). The Morgan fingerprint density at radius 3 is 2.38 bits per heavy atom. The molecule has 0 unspecified atom stereocenters. The third-order valence-corrected chi connectivity index (χ3v) is 5.13. The lowest BCUT2D eigenvalue weighted by Gasteiger charge is -2.11. The molecule has 0 aliphatic carbocycles. The van der Waals surface area contributed by atoms with Crippen LogP contribution in [0.15, 0.2) is 40.8 Å². The first-order valence-electron chi connectivity index (χ1n) is 9.74. The Kier molecular flexibility index (Phi) is 6.88. The van der Waals surface area contributed by atoms with Crippen LogP contribution >= 0.6 is 11.3 Å². The van der Waals surface area contributed by atoms with Crippen molar-refractivity contribution in [3.63, 3.8) is 0 Å². The molecule has 1 N–H and O–H groups in total. The molecule has 6 heteroatoms. The van der Waals surface area contributed by atoms with Gasteiger partial charge in [0.25, 0.3) is 0 Å². The zero-order valence-corrected chi connectivity index (χ0v) is 18.4. The van der Waals surface area contributed by atoms with Gasteiger partial charge in [0.15, 0.2) is 11.5 Å². The van der Waals surface area contributed by atoms with E-state index in [1.165, 1.54) is 22.3 Å². The number of rotatable bonds is 8. The summed E-state index contributed by atoms with van der Waals surface area (Å²) in [4.78, 5) is 4.70. The Labute approximate surface area is 176 Å². The van der Waals surface area contributed by atoms with Gasteiger partial charge in [0.1, 0.15) is 0 Å². The lowest BCUT2D eigenvalue weighted by Crippen LogP contribution is -1.99. The summed E-state index contributed by atoms with van der Waals surface area (Å²) in [5.74, 6) is 1.47. The van der Waals surface area contributed by atoms with Crippen LogP contribution in [0.2, 0.25) is 0 Å². The molecule has 0 spiro atoms. The van der Waals surface area contributed by atoms with Gasteiger partial charge in [0.2, 0.25) is 5.13 Å². The predicted molar refractivity (Wildman–Crippen MR) is 122 cm³/mol. The van der Waals surface area contributed by atoms with E-state index in [1.54, 1.807) is 17.6 Å². The zero-order chi connectivity index (χ0) is 20.8. The molecule has 0 bridgehead atoms. The minimum atomic E-state index is 0.582. The molecule has 0 aliphatic rings. The van der Waals surface area contributed by atoms with Crippen molar-refractivity contribution in [2.45, 2.75) is 34.6 Å². The lowest BCUT2D eigenvalue weighted by atomic mass is 9.98. The first-order valence-corrected chi connectivity index (χ1v) is 10.6. The van der Waals surface area contributed by atoms with E-state index in [9.17, 15) is 0 Å². The molecular formula is C23H27N3O2S. The van der Waals surface area contributed by atoms with E-state index >= 15 is 0 Å². The highest BCUT2D eigenvalue weighted by molar-refractivity contribution is 7.14. The van der Waals surface area contributed by atoms with Crippen LogP contribution in [0.3, 0.4) is 0 Å². The van der Waals surface area contributed by atoms with E-state index in [-0.39, 0.29) is 0 Å². The van der Waals surface area contributed by atoms with Crippen LogP contribution in [0, 0.1) is 20.8 Å². The number of ether oxygens (including phenoxy) is 2. The molecule has 5 nitrogen and oxygen atoms in total. The number of nitrogens with one attached hydrogen (secondary N) is 1. The molecule has 0 atom stereocenters. The Morgan fingerprint density at radius 1 is 1.00 bits per heavy atom. The predicted octanol–water partition coefficient (Wildman–Crippen LogP) is 5.98. The molecule has 0 saturated carbocycles. The Bertz CT molecular complexity index is 988. The molecule has 0 saturated heterocycles. The highest BCUT2D eigenvalue weighted by Crippen LogP contribution is 2.31. The maximum Gasteiger partial charge on any atom is 0.203 e. The number of hydrogen-bond acceptors (Lipinski definition) is 6. The normalized spacial score (nSPS) is 11.1. The number of anilines is 1. The highest BCUT2D eigenvalue weighted by Gasteiger charge is 2.10. The van der Waals surface area contributed by atoms with Crippen molar-refractivity contribution < 1.29 is 9.47 Å². The van der Waals surface area contributed by atoms with E-state index in [1.807, 2.05) is 32.0 Å². The van der Waals surface area contributed by atoms with Crippen LogP contribution in [0.5, 0.6) is 11.5 Å². The molecule has 0 radical (unpaired) electrons. The first-order chi connectivity index (χ1) is 14.0. The fraction of sp³-hybridized carbons (Fsp3) is 0.304. The van der Waals surface area contributed by atoms with Gasteiger partial charge in [-0.05, 0) is 69.5 Å². The third kappa shape index (κ3) is 5.15. The van der Waals surface area contributed by atoms with Crippen LogP contribution in [-0.4, -0.2) is 24.4 Å². The minimum Gasteiger partial charge on any atom is -0.490 e.